The molecular weight excluding hydrogens is 268 g/mol. The van der Waals surface area contributed by atoms with Crippen molar-refractivity contribution in [1.82, 2.24) is 0 Å². The van der Waals surface area contributed by atoms with Gasteiger partial charge in [0, 0.05) is 17.4 Å². The first-order valence-electron chi connectivity index (χ1n) is 6.14. The van der Waals surface area contributed by atoms with Crippen LogP contribution in [0.1, 0.15) is 5.56 Å². The number of nitrogen functional groups attached to an aromatic ring is 1. The van der Waals surface area contributed by atoms with Gasteiger partial charge in [-0.2, -0.15) is 5.26 Å². The monoisotopic (exact) mass is 282 g/mol. The molecule has 2 rings (SSSR count). The summed E-state index contributed by atoms with van der Waals surface area (Å²) >= 11 is 0. The second kappa shape index (κ2) is 6.30. The van der Waals surface area contributed by atoms with Crippen LogP contribution in [0.5, 0.6) is 5.75 Å². The van der Waals surface area contributed by atoms with Crippen LogP contribution in [-0.2, 0) is 0 Å². The van der Waals surface area contributed by atoms with Gasteiger partial charge in [-0.3, -0.25) is 0 Å². The molecule has 0 unspecified atom stereocenters. The van der Waals surface area contributed by atoms with E-state index in [1.165, 1.54) is 7.11 Å². The molecule has 6 heteroatoms. The number of benzene rings is 2. The van der Waals surface area contributed by atoms with E-state index in [4.69, 9.17) is 15.7 Å². The first kappa shape index (κ1) is 14.2. The number of urea groups is 1. The third kappa shape index (κ3) is 3.64. The van der Waals surface area contributed by atoms with Crippen LogP contribution in [-0.4, -0.2) is 13.1 Å². The fourth-order valence-corrected chi connectivity index (χ4v) is 1.76. The molecule has 21 heavy (non-hydrogen) atoms. The smallest absolute Gasteiger partial charge is 0.323 e. The number of methoxy groups -OCH3 is 1. The molecule has 0 aromatic heterocycles. The van der Waals surface area contributed by atoms with E-state index in [0.717, 1.165) is 0 Å². The van der Waals surface area contributed by atoms with Gasteiger partial charge in [-0.15, -0.1) is 0 Å². The number of ether oxygens (including phenoxy) is 1. The normalized spacial score (nSPS) is 9.52. The second-order valence-electron chi connectivity index (χ2n) is 4.23. The minimum atomic E-state index is -0.437. The Hall–Kier alpha value is -3.20. The molecule has 0 saturated carbocycles. The maximum atomic E-state index is 11.9. The topological polar surface area (TPSA) is 100 Å². The van der Waals surface area contributed by atoms with Gasteiger partial charge in [-0.1, -0.05) is 6.07 Å². The molecular formula is C15H14N4O2. The van der Waals surface area contributed by atoms with E-state index in [9.17, 15) is 4.79 Å². The summed E-state index contributed by atoms with van der Waals surface area (Å²) in [6, 6.07) is 13.1. The fourth-order valence-electron chi connectivity index (χ4n) is 1.76. The minimum absolute atomic E-state index is 0.437. The van der Waals surface area contributed by atoms with Gasteiger partial charge in [0.1, 0.15) is 5.75 Å². The average molecular weight is 282 g/mol. The maximum Gasteiger partial charge on any atom is 0.323 e. The molecule has 4 N–H and O–H groups in total. The third-order valence-corrected chi connectivity index (χ3v) is 2.72. The Morgan fingerprint density at radius 2 is 2.05 bits per heavy atom. The Labute approximate surface area is 122 Å². The predicted octanol–water partition coefficient (Wildman–Crippen LogP) is 2.79. The summed E-state index contributed by atoms with van der Waals surface area (Å²) in [6.07, 6.45) is 0. The van der Waals surface area contributed by atoms with Crippen molar-refractivity contribution in [2.45, 2.75) is 0 Å². The van der Waals surface area contributed by atoms with E-state index in [0.29, 0.717) is 28.4 Å². The van der Waals surface area contributed by atoms with E-state index in [2.05, 4.69) is 10.6 Å². The molecule has 0 aliphatic rings. The molecule has 2 aromatic carbocycles. The molecule has 106 valence electrons. The van der Waals surface area contributed by atoms with Gasteiger partial charge in [0.25, 0.3) is 0 Å². The van der Waals surface area contributed by atoms with Gasteiger partial charge < -0.3 is 21.1 Å². The first-order chi connectivity index (χ1) is 10.1. The Kier molecular flexibility index (Phi) is 4.26. The van der Waals surface area contributed by atoms with E-state index in [1.807, 2.05) is 6.07 Å². The number of amides is 2. The number of rotatable bonds is 3. The van der Waals surface area contributed by atoms with Crippen LogP contribution >= 0.6 is 0 Å². The van der Waals surface area contributed by atoms with Crippen molar-refractivity contribution in [3.63, 3.8) is 0 Å². The number of nitrogens with one attached hydrogen (secondary N) is 2. The summed E-state index contributed by atoms with van der Waals surface area (Å²) in [4.78, 5) is 11.9. The summed E-state index contributed by atoms with van der Waals surface area (Å²) in [6.45, 7) is 0. The molecule has 0 aliphatic carbocycles. The Morgan fingerprint density at radius 3 is 2.76 bits per heavy atom. The lowest BCUT2D eigenvalue weighted by Gasteiger charge is -2.11. The summed E-state index contributed by atoms with van der Waals surface area (Å²) in [5.41, 5.74) is 7.69. The zero-order valence-electron chi connectivity index (χ0n) is 11.4. The molecule has 0 spiro atoms. The van der Waals surface area contributed by atoms with Crippen LogP contribution in [0.25, 0.3) is 0 Å². The van der Waals surface area contributed by atoms with Crippen LogP contribution in [0, 0.1) is 11.3 Å². The number of nitrogens with two attached hydrogens (primary N) is 1. The van der Waals surface area contributed by atoms with E-state index < -0.39 is 6.03 Å². The Morgan fingerprint density at radius 1 is 1.24 bits per heavy atom. The maximum absolute atomic E-state index is 11.9. The first-order valence-corrected chi connectivity index (χ1v) is 6.14. The average Bonchev–Trinajstić information content (AvgIpc) is 2.49. The number of hydrogen-bond acceptors (Lipinski definition) is 4. The van der Waals surface area contributed by atoms with E-state index in [-0.39, 0.29) is 0 Å². The van der Waals surface area contributed by atoms with Gasteiger partial charge >= 0.3 is 6.03 Å². The summed E-state index contributed by atoms with van der Waals surface area (Å²) < 4.78 is 5.15. The molecule has 6 nitrogen and oxygen atoms in total. The second-order valence-corrected chi connectivity index (χ2v) is 4.23. The summed E-state index contributed by atoms with van der Waals surface area (Å²) in [5, 5.41) is 14.1. The van der Waals surface area contributed by atoms with Crippen molar-refractivity contribution < 1.29 is 9.53 Å². The quantitative estimate of drug-likeness (QED) is 0.753. The van der Waals surface area contributed by atoms with Crippen molar-refractivity contribution in [2.24, 2.45) is 0 Å². The van der Waals surface area contributed by atoms with E-state index >= 15 is 0 Å². The molecule has 2 aromatic rings. The molecule has 0 bridgehead atoms. The summed E-state index contributed by atoms with van der Waals surface area (Å²) in [7, 11) is 1.49. The highest BCUT2D eigenvalue weighted by molar-refractivity contribution is 6.00. The minimum Gasteiger partial charge on any atom is -0.494 e. The van der Waals surface area contributed by atoms with Gasteiger partial charge in [0.2, 0.25) is 0 Å². The molecule has 0 radical (unpaired) electrons. The van der Waals surface area contributed by atoms with Crippen LogP contribution in [0.3, 0.4) is 0 Å². The third-order valence-electron chi connectivity index (χ3n) is 2.72. The number of nitrogens with zero attached hydrogens (tertiary/aromatic N) is 1. The molecule has 2 amide bonds. The zero-order valence-corrected chi connectivity index (χ0v) is 11.4. The van der Waals surface area contributed by atoms with Crippen LogP contribution in [0.4, 0.5) is 21.9 Å². The van der Waals surface area contributed by atoms with Crippen molar-refractivity contribution in [1.29, 1.82) is 5.26 Å². The standard InChI is InChI=1S/C15H14N4O2/c1-21-14-8-11(17)5-6-13(14)19-15(20)18-12-4-2-3-10(7-12)9-16/h2-8H,17H2,1H3,(H2,18,19,20). The molecule has 0 fully saturated rings. The van der Waals surface area contributed by atoms with Crippen LogP contribution < -0.4 is 21.1 Å². The summed E-state index contributed by atoms with van der Waals surface area (Å²) in [5.74, 6) is 0.468. The van der Waals surface area contributed by atoms with Gasteiger partial charge in [-0.05, 0) is 30.3 Å². The SMILES string of the molecule is COc1cc(N)ccc1NC(=O)Nc1cccc(C#N)c1. The Bertz CT molecular complexity index is 707. The molecule has 0 aliphatic heterocycles. The number of carbonyl (C=O) groups excluding carboxylic acids is 1. The molecule has 0 saturated heterocycles. The number of hydrogen-bond donors (Lipinski definition) is 3. The molecule has 0 atom stereocenters. The number of anilines is 3. The fraction of sp³-hybridized carbons (Fsp3) is 0.0667. The highest BCUT2D eigenvalue weighted by Gasteiger charge is 2.08. The number of carbonyl (C=O) groups is 1. The van der Waals surface area contributed by atoms with Crippen molar-refractivity contribution in [3.8, 4) is 11.8 Å². The lowest BCUT2D eigenvalue weighted by Crippen LogP contribution is -2.19. The van der Waals surface area contributed by atoms with Gasteiger partial charge in [-0.25, -0.2) is 4.79 Å². The lowest BCUT2D eigenvalue weighted by molar-refractivity contribution is 0.262. The van der Waals surface area contributed by atoms with Crippen molar-refractivity contribution >= 4 is 23.1 Å². The number of nitriles is 1. The largest absolute Gasteiger partial charge is 0.494 e. The zero-order chi connectivity index (χ0) is 15.2. The van der Waals surface area contributed by atoms with E-state index in [1.54, 1.807) is 42.5 Å². The molecule has 0 heterocycles. The van der Waals surface area contributed by atoms with Crippen LogP contribution in [0.2, 0.25) is 0 Å². The Balaban J connectivity index is 2.10. The van der Waals surface area contributed by atoms with Gasteiger partial charge in [0.05, 0.1) is 24.4 Å². The van der Waals surface area contributed by atoms with Gasteiger partial charge in [0.15, 0.2) is 0 Å². The predicted molar refractivity (Wildman–Crippen MR) is 81.2 cm³/mol. The highest BCUT2D eigenvalue weighted by Crippen LogP contribution is 2.26. The highest BCUT2D eigenvalue weighted by atomic mass is 16.5. The van der Waals surface area contributed by atoms with Crippen molar-refractivity contribution in [2.75, 3.05) is 23.5 Å². The lowest BCUT2D eigenvalue weighted by atomic mass is 10.2. The van der Waals surface area contributed by atoms with Crippen molar-refractivity contribution in [3.05, 3.63) is 48.0 Å². The van der Waals surface area contributed by atoms with Crippen LogP contribution in [0.15, 0.2) is 42.5 Å².